The third-order valence-corrected chi connectivity index (χ3v) is 6.12. The first-order valence-electron chi connectivity index (χ1n) is 8.24. The van der Waals surface area contributed by atoms with Crippen molar-refractivity contribution in [2.24, 2.45) is 0 Å². The van der Waals surface area contributed by atoms with Crippen molar-refractivity contribution in [2.75, 3.05) is 25.2 Å². The summed E-state index contributed by atoms with van der Waals surface area (Å²) in [6.07, 6.45) is 3.45. The predicted molar refractivity (Wildman–Crippen MR) is 92.9 cm³/mol. The zero-order valence-corrected chi connectivity index (χ0v) is 14.7. The lowest BCUT2D eigenvalue weighted by Gasteiger charge is -2.39. The first-order valence-corrected chi connectivity index (χ1v) is 9.40. The molecule has 1 N–H and O–H groups in total. The van der Waals surface area contributed by atoms with Crippen LogP contribution in [0.4, 0.5) is 0 Å². The average molecular weight is 321 g/mol. The first-order chi connectivity index (χ1) is 10.6. The standard InChI is InChI=1S/C18H27NO2S/c1-13-4-5-17(20-3)16(10-13)14(2)19-15-6-8-21-18(11-15)7-9-22-12-18/h4-5,10,14-15,19H,6-9,11-12H2,1-3H3/t14-,15-,18-/m0/s1. The van der Waals surface area contributed by atoms with Gasteiger partial charge in [-0.2, -0.15) is 11.8 Å². The predicted octanol–water partition coefficient (Wildman–Crippen LogP) is 3.71. The molecule has 2 aliphatic rings. The van der Waals surface area contributed by atoms with Crippen LogP contribution in [-0.2, 0) is 4.74 Å². The van der Waals surface area contributed by atoms with Gasteiger partial charge in [-0.15, -0.1) is 0 Å². The van der Waals surface area contributed by atoms with Crippen LogP contribution in [0.3, 0.4) is 0 Å². The van der Waals surface area contributed by atoms with Gasteiger partial charge in [-0.25, -0.2) is 0 Å². The molecule has 0 amide bonds. The van der Waals surface area contributed by atoms with E-state index in [1.54, 1.807) is 7.11 Å². The summed E-state index contributed by atoms with van der Waals surface area (Å²) in [6.45, 7) is 5.26. The second-order valence-electron chi connectivity index (χ2n) is 6.66. The van der Waals surface area contributed by atoms with Crippen molar-refractivity contribution in [1.29, 1.82) is 0 Å². The van der Waals surface area contributed by atoms with Crippen molar-refractivity contribution in [3.63, 3.8) is 0 Å². The van der Waals surface area contributed by atoms with E-state index in [4.69, 9.17) is 9.47 Å². The molecule has 0 aliphatic carbocycles. The molecule has 2 fully saturated rings. The van der Waals surface area contributed by atoms with E-state index < -0.39 is 0 Å². The van der Waals surface area contributed by atoms with E-state index in [-0.39, 0.29) is 5.60 Å². The monoisotopic (exact) mass is 321 g/mol. The summed E-state index contributed by atoms with van der Waals surface area (Å²) >= 11 is 2.03. The van der Waals surface area contributed by atoms with Crippen LogP contribution in [0, 0.1) is 6.92 Å². The van der Waals surface area contributed by atoms with Crippen LogP contribution in [-0.4, -0.2) is 36.9 Å². The molecule has 122 valence electrons. The van der Waals surface area contributed by atoms with Gasteiger partial charge >= 0.3 is 0 Å². The van der Waals surface area contributed by atoms with Crippen LogP contribution in [0.2, 0.25) is 0 Å². The normalized spacial score (nSPS) is 29.7. The highest BCUT2D eigenvalue weighted by Gasteiger charge is 2.40. The van der Waals surface area contributed by atoms with Crippen LogP contribution >= 0.6 is 11.8 Å². The Labute approximate surface area is 138 Å². The van der Waals surface area contributed by atoms with E-state index in [9.17, 15) is 0 Å². The number of hydrogen-bond acceptors (Lipinski definition) is 4. The Kier molecular flexibility index (Phi) is 5.00. The van der Waals surface area contributed by atoms with Crippen molar-refractivity contribution in [2.45, 2.75) is 50.8 Å². The summed E-state index contributed by atoms with van der Waals surface area (Å²) in [5.74, 6) is 3.38. The van der Waals surface area contributed by atoms with Gasteiger partial charge in [-0.05, 0) is 44.9 Å². The van der Waals surface area contributed by atoms with Gasteiger partial charge in [0, 0.05) is 30.0 Å². The number of thioether (sulfide) groups is 1. The van der Waals surface area contributed by atoms with Gasteiger partial charge in [-0.3, -0.25) is 0 Å². The molecule has 3 nitrogen and oxygen atoms in total. The Balaban J connectivity index is 1.68. The van der Waals surface area contributed by atoms with Crippen LogP contribution in [0.15, 0.2) is 18.2 Å². The van der Waals surface area contributed by atoms with Gasteiger partial charge in [0.05, 0.1) is 12.7 Å². The van der Waals surface area contributed by atoms with Crippen LogP contribution in [0.5, 0.6) is 5.75 Å². The zero-order valence-electron chi connectivity index (χ0n) is 13.9. The molecule has 2 aliphatic heterocycles. The molecule has 4 heteroatoms. The zero-order chi connectivity index (χ0) is 15.6. The maximum Gasteiger partial charge on any atom is 0.123 e. The SMILES string of the molecule is COc1ccc(C)cc1[C@H](C)N[C@H]1CCO[C@@]2(CCSC2)C1. The Morgan fingerprint density at radius 3 is 3.05 bits per heavy atom. The fraction of sp³-hybridized carbons (Fsp3) is 0.667. The van der Waals surface area contributed by atoms with E-state index >= 15 is 0 Å². The third kappa shape index (κ3) is 3.44. The van der Waals surface area contributed by atoms with E-state index in [1.807, 2.05) is 11.8 Å². The van der Waals surface area contributed by atoms with Crippen molar-refractivity contribution >= 4 is 11.8 Å². The summed E-state index contributed by atoms with van der Waals surface area (Å²) in [7, 11) is 1.75. The highest BCUT2D eigenvalue weighted by molar-refractivity contribution is 7.99. The molecule has 1 spiro atoms. The molecule has 0 radical (unpaired) electrons. The minimum atomic E-state index is 0.136. The summed E-state index contributed by atoms with van der Waals surface area (Å²) < 4.78 is 11.7. The van der Waals surface area contributed by atoms with Gasteiger partial charge < -0.3 is 14.8 Å². The fourth-order valence-corrected chi connectivity index (χ4v) is 5.05. The highest BCUT2D eigenvalue weighted by Crippen LogP contribution is 2.39. The molecule has 1 aromatic rings. The summed E-state index contributed by atoms with van der Waals surface area (Å²) in [5, 5.41) is 3.82. The van der Waals surface area contributed by atoms with Crippen molar-refractivity contribution in [3.05, 3.63) is 29.3 Å². The molecule has 1 aromatic carbocycles. The van der Waals surface area contributed by atoms with E-state index in [0.29, 0.717) is 12.1 Å². The van der Waals surface area contributed by atoms with E-state index in [2.05, 4.69) is 37.4 Å². The molecule has 22 heavy (non-hydrogen) atoms. The minimum absolute atomic E-state index is 0.136. The maximum atomic E-state index is 6.12. The van der Waals surface area contributed by atoms with Crippen molar-refractivity contribution in [1.82, 2.24) is 5.32 Å². The Morgan fingerprint density at radius 2 is 2.32 bits per heavy atom. The Bertz CT molecular complexity index is 514. The van der Waals surface area contributed by atoms with Gasteiger partial charge in [0.25, 0.3) is 0 Å². The summed E-state index contributed by atoms with van der Waals surface area (Å²) in [4.78, 5) is 0. The van der Waals surface area contributed by atoms with Gasteiger partial charge in [0.15, 0.2) is 0 Å². The minimum Gasteiger partial charge on any atom is -0.496 e. The molecule has 2 saturated heterocycles. The molecule has 3 rings (SSSR count). The molecule has 0 aromatic heterocycles. The summed E-state index contributed by atoms with van der Waals surface area (Å²) in [6, 6.07) is 7.24. The number of hydrogen-bond donors (Lipinski definition) is 1. The molecular weight excluding hydrogens is 294 g/mol. The Morgan fingerprint density at radius 1 is 1.45 bits per heavy atom. The largest absolute Gasteiger partial charge is 0.496 e. The van der Waals surface area contributed by atoms with Crippen molar-refractivity contribution < 1.29 is 9.47 Å². The number of methoxy groups -OCH3 is 1. The number of ether oxygens (including phenoxy) is 2. The lowest BCUT2D eigenvalue weighted by Crippen LogP contribution is -2.47. The topological polar surface area (TPSA) is 30.5 Å². The van der Waals surface area contributed by atoms with Gasteiger partial charge in [-0.1, -0.05) is 17.7 Å². The number of rotatable bonds is 4. The third-order valence-electron chi connectivity index (χ3n) is 4.90. The quantitative estimate of drug-likeness (QED) is 0.916. The van der Waals surface area contributed by atoms with Crippen molar-refractivity contribution in [3.8, 4) is 5.75 Å². The molecule has 2 heterocycles. The van der Waals surface area contributed by atoms with E-state index in [1.165, 1.54) is 23.3 Å². The molecule has 0 bridgehead atoms. The maximum absolute atomic E-state index is 6.12. The number of nitrogens with one attached hydrogen (secondary N) is 1. The Hall–Kier alpha value is -0.710. The second-order valence-corrected chi connectivity index (χ2v) is 7.76. The van der Waals surface area contributed by atoms with E-state index in [0.717, 1.165) is 31.0 Å². The fourth-order valence-electron chi connectivity index (χ4n) is 3.67. The van der Waals surface area contributed by atoms with Gasteiger partial charge in [0.1, 0.15) is 5.75 Å². The van der Waals surface area contributed by atoms with Gasteiger partial charge in [0.2, 0.25) is 0 Å². The second kappa shape index (κ2) is 6.81. The smallest absolute Gasteiger partial charge is 0.123 e. The summed E-state index contributed by atoms with van der Waals surface area (Å²) in [5.41, 5.74) is 2.67. The first kappa shape index (κ1) is 16.2. The van der Waals surface area contributed by atoms with Crippen LogP contribution in [0.1, 0.15) is 43.4 Å². The van der Waals surface area contributed by atoms with Crippen LogP contribution < -0.4 is 10.1 Å². The molecule has 0 saturated carbocycles. The molecule has 0 unspecified atom stereocenters. The highest BCUT2D eigenvalue weighted by atomic mass is 32.2. The number of benzene rings is 1. The molecular formula is C18H27NO2S. The number of aryl methyl sites for hydroxylation is 1. The molecule has 3 atom stereocenters. The lowest BCUT2D eigenvalue weighted by molar-refractivity contribution is -0.0712. The van der Waals surface area contributed by atoms with Crippen LogP contribution in [0.25, 0.3) is 0 Å². The average Bonchev–Trinajstić information content (AvgIpc) is 2.95. The lowest BCUT2D eigenvalue weighted by atomic mass is 9.89.